The fraction of sp³-hybridized carbons (Fsp3) is 0.350. The molecule has 1 aliphatic rings. The Labute approximate surface area is 175 Å². The van der Waals surface area contributed by atoms with E-state index in [2.05, 4.69) is 5.32 Å². The van der Waals surface area contributed by atoms with Crippen LogP contribution in [0.25, 0.3) is 0 Å². The Balaban J connectivity index is 1.81. The van der Waals surface area contributed by atoms with Crippen LogP contribution in [0, 0.1) is 6.92 Å². The van der Waals surface area contributed by atoms with Crippen molar-refractivity contribution >= 4 is 33.2 Å². The first-order chi connectivity index (χ1) is 13.8. The first-order valence-corrected chi connectivity index (χ1v) is 10.9. The lowest BCUT2D eigenvalue weighted by atomic mass is 10.1. The molecule has 0 aliphatic carbocycles. The lowest BCUT2D eigenvalue weighted by Crippen LogP contribution is -2.40. The van der Waals surface area contributed by atoms with Crippen LogP contribution in [0.4, 0.5) is 5.69 Å². The molecular weight excluding hydrogens is 416 g/mol. The van der Waals surface area contributed by atoms with Crippen molar-refractivity contribution < 1.29 is 22.7 Å². The molecule has 7 nitrogen and oxygen atoms in total. The zero-order chi connectivity index (χ0) is 21.0. The van der Waals surface area contributed by atoms with Gasteiger partial charge in [0.2, 0.25) is 15.9 Å². The van der Waals surface area contributed by atoms with Crippen molar-refractivity contribution in [3.8, 4) is 5.75 Å². The fourth-order valence-electron chi connectivity index (χ4n) is 3.06. The van der Waals surface area contributed by atoms with Gasteiger partial charge in [-0.3, -0.25) is 4.79 Å². The second-order valence-corrected chi connectivity index (χ2v) is 9.02. The van der Waals surface area contributed by atoms with Crippen LogP contribution in [-0.4, -0.2) is 52.0 Å². The summed E-state index contributed by atoms with van der Waals surface area (Å²) in [5.74, 6) is -0.0575. The number of carbonyl (C=O) groups is 1. The van der Waals surface area contributed by atoms with Gasteiger partial charge in [0.25, 0.3) is 0 Å². The van der Waals surface area contributed by atoms with Crippen LogP contribution in [0.2, 0.25) is 5.02 Å². The molecule has 29 heavy (non-hydrogen) atoms. The van der Waals surface area contributed by atoms with Crippen LogP contribution >= 0.6 is 11.6 Å². The van der Waals surface area contributed by atoms with Gasteiger partial charge in [-0.1, -0.05) is 23.7 Å². The van der Waals surface area contributed by atoms with Crippen LogP contribution < -0.4 is 10.1 Å². The summed E-state index contributed by atoms with van der Waals surface area (Å²) in [6.07, 6.45) is -0.000168. The molecule has 0 bridgehead atoms. The topological polar surface area (TPSA) is 84.9 Å². The highest BCUT2D eigenvalue weighted by Crippen LogP contribution is 2.29. The third-order valence-corrected chi connectivity index (χ3v) is 6.81. The number of anilines is 1. The Kier molecular flexibility index (Phi) is 6.79. The first kappa shape index (κ1) is 21.6. The number of aryl methyl sites for hydroxylation is 1. The molecule has 2 aromatic rings. The fourth-order valence-corrected chi connectivity index (χ4v) is 4.96. The summed E-state index contributed by atoms with van der Waals surface area (Å²) in [6.45, 7) is 3.16. The van der Waals surface area contributed by atoms with Gasteiger partial charge in [0.05, 0.1) is 37.5 Å². The summed E-state index contributed by atoms with van der Waals surface area (Å²) in [5, 5.41) is 3.21. The number of benzene rings is 2. The van der Waals surface area contributed by atoms with Crippen LogP contribution in [0.3, 0.4) is 0 Å². The molecule has 1 saturated heterocycles. The van der Waals surface area contributed by atoms with Gasteiger partial charge < -0.3 is 14.8 Å². The second-order valence-electron chi connectivity index (χ2n) is 6.71. The third kappa shape index (κ3) is 5.08. The maximum Gasteiger partial charge on any atom is 0.246 e. The molecule has 2 aromatic carbocycles. The van der Waals surface area contributed by atoms with Crippen LogP contribution in [0.1, 0.15) is 11.1 Å². The smallest absolute Gasteiger partial charge is 0.246 e. The highest BCUT2D eigenvalue weighted by Gasteiger charge is 2.29. The Hall–Kier alpha value is -2.13. The molecule has 1 fully saturated rings. The number of rotatable bonds is 6. The van der Waals surface area contributed by atoms with Crippen molar-refractivity contribution in [2.24, 2.45) is 0 Å². The van der Waals surface area contributed by atoms with Crippen LogP contribution in [-0.2, 0) is 26.0 Å². The van der Waals surface area contributed by atoms with E-state index in [4.69, 9.17) is 21.1 Å². The van der Waals surface area contributed by atoms with E-state index in [-0.39, 0.29) is 36.1 Å². The van der Waals surface area contributed by atoms with Crippen LogP contribution in [0.15, 0.2) is 41.3 Å². The molecule has 0 aromatic heterocycles. The lowest BCUT2D eigenvalue weighted by Gasteiger charge is -2.26. The molecule has 0 unspecified atom stereocenters. The molecule has 0 spiro atoms. The van der Waals surface area contributed by atoms with Crippen molar-refractivity contribution in [3.63, 3.8) is 0 Å². The van der Waals surface area contributed by atoms with Gasteiger partial charge in [0.1, 0.15) is 10.6 Å². The normalized spacial score (nSPS) is 15.1. The molecule has 3 rings (SSSR count). The maximum atomic E-state index is 13.0. The van der Waals surface area contributed by atoms with Crippen molar-refractivity contribution in [3.05, 3.63) is 52.5 Å². The SMILES string of the molecule is COc1ccc(CC(=O)Nc2ccc(C)cc2Cl)cc1S(=O)(=O)N1CCOCC1. The molecule has 0 atom stereocenters. The Morgan fingerprint density at radius 2 is 1.93 bits per heavy atom. The highest BCUT2D eigenvalue weighted by molar-refractivity contribution is 7.89. The van der Waals surface area contributed by atoms with Gasteiger partial charge in [0, 0.05) is 13.1 Å². The minimum Gasteiger partial charge on any atom is -0.495 e. The molecule has 1 aliphatic heterocycles. The number of methoxy groups -OCH3 is 1. The second kappa shape index (κ2) is 9.13. The summed E-state index contributed by atoms with van der Waals surface area (Å²) >= 11 is 6.16. The van der Waals surface area contributed by atoms with Gasteiger partial charge in [-0.25, -0.2) is 8.42 Å². The van der Waals surface area contributed by atoms with Gasteiger partial charge in [-0.15, -0.1) is 0 Å². The number of sulfonamides is 1. The molecule has 0 saturated carbocycles. The summed E-state index contributed by atoms with van der Waals surface area (Å²) in [7, 11) is -2.34. The number of nitrogens with zero attached hydrogens (tertiary/aromatic N) is 1. The highest BCUT2D eigenvalue weighted by atomic mass is 35.5. The number of amides is 1. The zero-order valence-electron chi connectivity index (χ0n) is 16.3. The van der Waals surface area contributed by atoms with E-state index in [0.29, 0.717) is 29.5 Å². The molecule has 1 N–H and O–H groups in total. The average molecular weight is 439 g/mol. The minimum atomic E-state index is -3.76. The number of ether oxygens (including phenoxy) is 2. The Morgan fingerprint density at radius 1 is 1.21 bits per heavy atom. The van der Waals surface area contributed by atoms with Gasteiger partial charge in [-0.05, 0) is 42.3 Å². The molecule has 1 amide bonds. The predicted molar refractivity (Wildman–Crippen MR) is 111 cm³/mol. The standard InChI is InChI=1S/C20H23ClN2O5S/c1-14-3-5-17(16(21)11-14)22-20(24)13-15-4-6-18(27-2)19(12-15)29(25,26)23-7-9-28-10-8-23/h3-6,11-12H,7-10,13H2,1-2H3,(H,22,24). The number of morpholine rings is 1. The number of halogens is 1. The van der Waals surface area contributed by atoms with E-state index in [1.165, 1.54) is 17.5 Å². The third-order valence-electron chi connectivity index (χ3n) is 4.58. The summed E-state index contributed by atoms with van der Waals surface area (Å²) in [4.78, 5) is 12.5. The van der Waals surface area contributed by atoms with Crippen molar-refractivity contribution in [2.45, 2.75) is 18.2 Å². The number of carbonyl (C=O) groups excluding carboxylic acids is 1. The van der Waals surface area contributed by atoms with E-state index in [9.17, 15) is 13.2 Å². The summed E-state index contributed by atoms with van der Waals surface area (Å²) < 4.78 is 37.9. The van der Waals surface area contributed by atoms with E-state index < -0.39 is 10.0 Å². The van der Waals surface area contributed by atoms with E-state index in [1.54, 1.807) is 24.3 Å². The maximum absolute atomic E-state index is 13.0. The molecule has 0 radical (unpaired) electrons. The van der Waals surface area contributed by atoms with Crippen molar-refractivity contribution in [1.29, 1.82) is 0 Å². The van der Waals surface area contributed by atoms with E-state index in [0.717, 1.165) is 5.56 Å². The minimum absolute atomic E-state index is 0.000168. The monoisotopic (exact) mass is 438 g/mol. The first-order valence-electron chi connectivity index (χ1n) is 9.12. The zero-order valence-corrected chi connectivity index (χ0v) is 17.8. The van der Waals surface area contributed by atoms with Gasteiger partial charge in [0.15, 0.2) is 0 Å². The van der Waals surface area contributed by atoms with Crippen LogP contribution in [0.5, 0.6) is 5.75 Å². The largest absolute Gasteiger partial charge is 0.495 e. The Bertz CT molecular complexity index is 1000. The quantitative estimate of drug-likeness (QED) is 0.749. The number of nitrogens with one attached hydrogen (secondary N) is 1. The van der Waals surface area contributed by atoms with Gasteiger partial charge in [-0.2, -0.15) is 4.31 Å². The Morgan fingerprint density at radius 3 is 2.59 bits per heavy atom. The summed E-state index contributed by atoms with van der Waals surface area (Å²) in [6, 6.07) is 10.1. The molecule has 9 heteroatoms. The molecule has 1 heterocycles. The number of hydrogen-bond donors (Lipinski definition) is 1. The number of hydrogen-bond acceptors (Lipinski definition) is 5. The van der Waals surface area contributed by atoms with E-state index in [1.807, 2.05) is 13.0 Å². The molecular formula is C20H23ClN2O5S. The lowest BCUT2D eigenvalue weighted by molar-refractivity contribution is -0.115. The van der Waals surface area contributed by atoms with Gasteiger partial charge >= 0.3 is 0 Å². The summed E-state index contributed by atoms with van der Waals surface area (Å²) in [5.41, 5.74) is 2.05. The van der Waals surface area contributed by atoms with Crippen molar-refractivity contribution in [1.82, 2.24) is 4.31 Å². The molecule has 156 valence electrons. The van der Waals surface area contributed by atoms with Crippen molar-refractivity contribution in [2.75, 3.05) is 38.7 Å². The van der Waals surface area contributed by atoms with E-state index >= 15 is 0 Å². The average Bonchev–Trinajstić information content (AvgIpc) is 2.70. The predicted octanol–water partition coefficient (Wildman–Crippen LogP) is 2.86.